The lowest BCUT2D eigenvalue weighted by molar-refractivity contribution is 0.0891. The molecule has 0 atom stereocenters. The predicted molar refractivity (Wildman–Crippen MR) is 78.7 cm³/mol. The van der Waals surface area contributed by atoms with Gasteiger partial charge in [-0.2, -0.15) is 0 Å². The van der Waals surface area contributed by atoms with E-state index in [0.717, 1.165) is 0 Å². The van der Waals surface area contributed by atoms with Crippen LogP contribution in [0.25, 0.3) is 0 Å². The first-order chi connectivity index (χ1) is 9.95. The number of aromatic nitrogens is 2. The fourth-order valence-electron chi connectivity index (χ4n) is 1.89. The molecule has 0 amide bonds. The molecule has 5 nitrogen and oxygen atoms in total. The summed E-state index contributed by atoms with van der Waals surface area (Å²) in [7, 11) is 1.78. The fraction of sp³-hybridized carbons (Fsp3) is 0.312. The first-order valence-electron chi connectivity index (χ1n) is 6.77. The summed E-state index contributed by atoms with van der Waals surface area (Å²) in [5, 5.41) is 0. The maximum atomic E-state index is 12.1. The maximum absolute atomic E-state index is 12.1. The zero-order valence-electron chi connectivity index (χ0n) is 12.4. The van der Waals surface area contributed by atoms with Crippen LogP contribution in [0.2, 0.25) is 0 Å². The van der Waals surface area contributed by atoms with Crippen LogP contribution in [0.1, 0.15) is 41.1 Å². The Kier molecular flexibility index (Phi) is 4.52. The van der Waals surface area contributed by atoms with Gasteiger partial charge in [-0.15, -0.1) is 0 Å². The second-order valence-electron chi connectivity index (χ2n) is 5.14. The first kappa shape index (κ1) is 15.0. The Bertz CT molecular complexity index is 642. The SMILES string of the molecule is CC(C)Oc1ccc(C(=O)CC(=O)c2cn(C)cn2)cc1. The van der Waals surface area contributed by atoms with Gasteiger partial charge in [0.2, 0.25) is 0 Å². The van der Waals surface area contributed by atoms with Gasteiger partial charge in [-0.3, -0.25) is 9.59 Å². The van der Waals surface area contributed by atoms with Crippen LogP contribution in [-0.2, 0) is 7.05 Å². The summed E-state index contributed by atoms with van der Waals surface area (Å²) in [6.45, 7) is 3.87. The lowest BCUT2D eigenvalue weighted by Crippen LogP contribution is -2.09. The number of benzene rings is 1. The van der Waals surface area contributed by atoms with Gasteiger partial charge < -0.3 is 9.30 Å². The summed E-state index contributed by atoms with van der Waals surface area (Å²) in [4.78, 5) is 28.0. The molecular formula is C16H18N2O3. The quantitative estimate of drug-likeness (QED) is 0.605. The molecule has 0 saturated carbocycles. The molecule has 0 bridgehead atoms. The molecule has 1 heterocycles. The molecule has 110 valence electrons. The van der Waals surface area contributed by atoms with Crippen molar-refractivity contribution in [2.45, 2.75) is 26.4 Å². The third kappa shape index (κ3) is 4.02. The van der Waals surface area contributed by atoms with Crippen LogP contribution in [0.4, 0.5) is 0 Å². The number of hydrogen-bond donors (Lipinski definition) is 0. The van der Waals surface area contributed by atoms with Gasteiger partial charge in [-0.05, 0) is 38.1 Å². The van der Waals surface area contributed by atoms with Crippen molar-refractivity contribution in [2.75, 3.05) is 0 Å². The van der Waals surface area contributed by atoms with Gasteiger partial charge in [0.25, 0.3) is 0 Å². The Labute approximate surface area is 123 Å². The Morgan fingerprint density at radius 3 is 2.38 bits per heavy atom. The molecule has 0 unspecified atom stereocenters. The van der Waals surface area contributed by atoms with Crippen molar-refractivity contribution in [3.05, 3.63) is 48.0 Å². The summed E-state index contributed by atoms with van der Waals surface area (Å²) in [6, 6.07) is 6.81. The monoisotopic (exact) mass is 286 g/mol. The highest BCUT2D eigenvalue weighted by Gasteiger charge is 2.15. The normalized spacial score (nSPS) is 10.7. The number of carbonyl (C=O) groups is 2. The van der Waals surface area contributed by atoms with Gasteiger partial charge in [0.15, 0.2) is 11.6 Å². The van der Waals surface area contributed by atoms with E-state index in [1.54, 1.807) is 42.1 Å². The molecule has 5 heteroatoms. The topological polar surface area (TPSA) is 61.2 Å². The fourth-order valence-corrected chi connectivity index (χ4v) is 1.89. The van der Waals surface area contributed by atoms with E-state index in [4.69, 9.17) is 4.74 Å². The number of carbonyl (C=O) groups excluding carboxylic acids is 2. The molecule has 0 spiro atoms. The van der Waals surface area contributed by atoms with Gasteiger partial charge in [0, 0.05) is 18.8 Å². The Morgan fingerprint density at radius 1 is 1.19 bits per heavy atom. The second-order valence-corrected chi connectivity index (χ2v) is 5.14. The molecule has 2 rings (SSSR count). The molecule has 0 radical (unpaired) electrons. The Balaban J connectivity index is 2.01. The van der Waals surface area contributed by atoms with Crippen molar-refractivity contribution in [3.8, 4) is 5.75 Å². The molecule has 2 aromatic rings. The molecule has 0 aliphatic carbocycles. The van der Waals surface area contributed by atoms with Gasteiger partial charge in [0.1, 0.15) is 11.4 Å². The molecule has 1 aromatic carbocycles. The van der Waals surface area contributed by atoms with E-state index in [0.29, 0.717) is 17.0 Å². The van der Waals surface area contributed by atoms with Crippen LogP contribution in [0.5, 0.6) is 5.75 Å². The minimum absolute atomic E-state index is 0.0808. The van der Waals surface area contributed by atoms with Gasteiger partial charge in [-0.25, -0.2) is 4.98 Å². The van der Waals surface area contributed by atoms with E-state index >= 15 is 0 Å². The molecule has 0 aliphatic rings. The largest absolute Gasteiger partial charge is 0.491 e. The van der Waals surface area contributed by atoms with Crippen molar-refractivity contribution in [3.63, 3.8) is 0 Å². The number of nitrogens with zero attached hydrogens (tertiary/aromatic N) is 2. The van der Waals surface area contributed by atoms with Crippen molar-refractivity contribution in [1.82, 2.24) is 9.55 Å². The third-order valence-electron chi connectivity index (χ3n) is 2.86. The lowest BCUT2D eigenvalue weighted by atomic mass is 10.0. The van der Waals surface area contributed by atoms with Crippen molar-refractivity contribution >= 4 is 11.6 Å². The van der Waals surface area contributed by atoms with E-state index < -0.39 is 0 Å². The average Bonchev–Trinajstić information content (AvgIpc) is 2.85. The first-order valence-corrected chi connectivity index (χ1v) is 6.77. The number of hydrogen-bond acceptors (Lipinski definition) is 4. The standard InChI is InChI=1S/C16H18N2O3/c1-11(2)21-13-6-4-12(5-7-13)15(19)8-16(20)14-9-18(3)10-17-14/h4-7,9-11H,8H2,1-3H3. The minimum atomic E-state index is -0.275. The number of ketones is 2. The maximum Gasteiger partial charge on any atom is 0.190 e. The van der Waals surface area contributed by atoms with Gasteiger partial charge >= 0.3 is 0 Å². The van der Waals surface area contributed by atoms with E-state index in [-0.39, 0.29) is 24.1 Å². The number of Topliss-reactive ketones (excluding diaryl/α,β-unsaturated/α-hetero) is 2. The molecule has 0 fully saturated rings. The van der Waals surface area contributed by atoms with Crippen LogP contribution in [-0.4, -0.2) is 27.2 Å². The Morgan fingerprint density at radius 2 is 1.86 bits per heavy atom. The third-order valence-corrected chi connectivity index (χ3v) is 2.86. The molecule has 0 N–H and O–H groups in total. The summed E-state index contributed by atoms with van der Waals surface area (Å²) in [5.74, 6) is 0.211. The molecule has 0 aliphatic heterocycles. The van der Waals surface area contributed by atoms with Gasteiger partial charge in [-0.1, -0.05) is 0 Å². The zero-order valence-corrected chi connectivity index (χ0v) is 12.4. The highest BCUT2D eigenvalue weighted by Crippen LogP contribution is 2.15. The van der Waals surface area contributed by atoms with E-state index in [1.807, 2.05) is 13.8 Å². The zero-order chi connectivity index (χ0) is 15.4. The summed E-state index contributed by atoms with van der Waals surface area (Å²) < 4.78 is 7.19. The highest BCUT2D eigenvalue weighted by molar-refractivity contribution is 6.12. The smallest absolute Gasteiger partial charge is 0.190 e. The van der Waals surface area contributed by atoms with Crippen LogP contribution >= 0.6 is 0 Å². The average molecular weight is 286 g/mol. The van der Waals surface area contributed by atoms with Crippen molar-refractivity contribution in [2.24, 2.45) is 7.05 Å². The van der Waals surface area contributed by atoms with Crippen LogP contribution in [0, 0.1) is 0 Å². The number of rotatable bonds is 6. The van der Waals surface area contributed by atoms with E-state index in [1.165, 1.54) is 6.33 Å². The van der Waals surface area contributed by atoms with Crippen LogP contribution in [0.3, 0.4) is 0 Å². The van der Waals surface area contributed by atoms with E-state index in [9.17, 15) is 9.59 Å². The highest BCUT2D eigenvalue weighted by atomic mass is 16.5. The Hall–Kier alpha value is -2.43. The van der Waals surface area contributed by atoms with Crippen LogP contribution < -0.4 is 4.74 Å². The lowest BCUT2D eigenvalue weighted by Gasteiger charge is -2.09. The molecule has 0 saturated heterocycles. The summed E-state index contributed by atoms with van der Waals surface area (Å²) >= 11 is 0. The summed E-state index contributed by atoms with van der Waals surface area (Å²) in [6.07, 6.45) is 3.05. The van der Waals surface area contributed by atoms with Gasteiger partial charge in [0.05, 0.1) is 18.9 Å². The van der Waals surface area contributed by atoms with E-state index in [2.05, 4.69) is 4.98 Å². The minimum Gasteiger partial charge on any atom is -0.491 e. The molecule has 1 aromatic heterocycles. The number of imidazole rings is 1. The number of aryl methyl sites for hydroxylation is 1. The predicted octanol–water partition coefficient (Wildman–Crippen LogP) is 2.66. The van der Waals surface area contributed by atoms with Crippen LogP contribution in [0.15, 0.2) is 36.8 Å². The molecular weight excluding hydrogens is 268 g/mol. The van der Waals surface area contributed by atoms with Crippen molar-refractivity contribution in [1.29, 1.82) is 0 Å². The van der Waals surface area contributed by atoms with Crippen molar-refractivity contribution < 1.29 is 14.3 Å². The number of ether oxygens (including phenoxy) is 1. The summed E-state index contributed by atoms with van der Waals surface area (Å²) in [5.41, 5.74) is 0.806. The molecule has 21 heavy (non-hydrogen) atoms. The second kappa shape index (κ2) is 6.35.